The third-order valence-electron chi connectivity index (χ3n) is 16.2. The maximum absolute atomic E-state index is 13.0. The Balaban J connectivity index is 5.23. The van der Waals surface area contributed by atoms with Crippen molar-refractivity contribution in [3.05, 3.63) is 0 Å². The summed E-state index contributed by atoms with van der Waals surface area (Å²) in [6.07, 6.45) is 47.1. The van der Waals surface area contributed by atoms with E-state index in [1.807, 2.05) is 0 Å². The summed E-state index contributed by atoms with van der Waals surface area (Å²) in [6, 6.07) is 0. The molecule has 0 aliphatic carbocycles. The standard InChI is InChI=1S/C70H136O17P2/c1-7-9-11-13-15-17-18-20-24-28-35-41-47-53-68(73)81-59-65(86-69(74)54-48-42-36-29-25-22-19-21-23-27-32-38-44-50-62(3)4)60-84-88(76,77)82-56-64(71)57-83-89(78,79)85-61-66(58-80-67(72)52-46-40-34-26-16-14-12-10-8-2)87-70(75)55-49-43-37-31-30-33-39-45-51-63(5)6/h62-66,71H,7-61H2,1-6H3,(H,76,77)(H,78,79)/t64-,65-,66-/m1/s1. The Morgan fingerprint density at radius 3 is 0.764 bits per heavy atom. The molecule has 0 saturated carbocycles. The van der Waals surface area contributed by atoms with E-state index in [1.54, 1.807) is 0 Å². The van der Waals surface area contributed by atoms with Crippen LogP contribution in [-0.2, 0) is 65.4 Å². The molecule has 0 bridgehead atoms. The highest BCUT2D eigenvalue weighted by molar-refractivity contribution is 7.47. The summed E-state index contributed by atoms with van der Waals surface area (Å²) in [7, 11) is -9.90. The van der Waals surface area contributed by atoms with Crippen molar-refractivity contribution in [2.24, 2.45) is 11.8 Å². The molecule has 0 heterocycles. The number of phosphoric acid groups is 2. The van der Waals surface area contributed by atoms with Crippen LogP contribution in [-0.4, -0.2) is 96.7 Å². The van der Waals surface area contributed by atoms with E-state index in [-0.39, 0.29) is 25.7 Å². The fourth-order valence-electron chi connectivity index (χ4n) is 10.6. The van der Waals surface area contributed by atoms with Gasteiger partial charge < -0.3 is 33.8 Å². The van der Waals surface area contributed by atoms with Gasteiger partial charge in [-0.15, -0.1) is 0 Å². The second-order valence-electron chi connectivity index (χ2n) is 26.2. The Morgan fingerprint density at radius 1 is 0.303 bits per heavy atom. The first-order chi connectivity index (χ1) is 42.9. The molecule has 528 valence electrons. The molecule has 89 heavy (non-hydrogen) atoms. The maximum atomic E-state index is 13.0. The van der Waals surface area contributed by atoms with Crippen LogP contribution in [0.1, 0.15) is 356 Å². The molecular weight excluding hydrogens is 1170 g/mol. The van der Waals surface area contributed by atoms with Crippen LogP contribution >= 0.6 is 15.6 Å². The first-order valence-electron chi connectivity index (χ1n) is 36.5. The lowest BCUT2D eigenvalue weighted by molar-refractivity contribution is -0.161. The largest absolute Gasteiger partial charge is 0.472 e. The van der Waals surface area contributed by atoms with Crippen molar-refractivity contribution < 1.29 is 80.2 Å². The predicted octanol–water partition coefficient (Wildman–Crippen LogP) is 20.0. The van der Waals surface area contributed by atoms with E-state index in [4.69, 9.17) is 37.0 Å². The van der Waals surface area contributed by atoms with Crippen LogP contribution in [0.25, 0.3) is 0 Å². The number of unbranched alkanes of at least 4 members (excludes halogenated alkanes) is 39. The van der Waals surface area contributed by atoms with E-state index in [0.29, 0.717) is 25.7 Å². The van der Waals surface area contributed by atoms with Crippen LogP contribution in [0.2, 0.25) is 0 Å². The van der Waals surface area contributed by atoms with Gasteiger partial charge in [-0.2, -0.15) is 0 Å². The Bertz CT molecular complexity index is 1730. The van der Waals surface area contributed by atoms with Gasteiger partial charge in [0.15, 0.2) is 12.2 Å². The summed E-state index contributed by atoms with van der Waals surface area (Å²) in [6.45, 7) is 9.51. The van der Waals surface area contributed by atoms with E-state index in [0.717, 1.165) is 102 Å². The number of phosphoric ester groups is 2. The van der Waals surface area contributed by atoms with E-state index in [1.165, 1.54) is 173 Å². The van der Waals surface area contributed by atoms with Crippen LogP contribution in [0.15, 0.2) is 0 Å². The molecule has 3 N–H and O–H groups in total. The minimum Gasteiger partial charge on any atom is -0.462 e. The molecule has 0 spiro atoms. The van der Waals surface area contributed by atoms with Crippen LogP contribution in [0.4, 0.5) is 0 Å². The fourth-order valence-corrected chi connectivity index (χ4v) is 12.2. The molecule has 5 atom stereocenters. The third-order valence-corrected chi connectivity index (χ3v) is 18.1. The lowest BCUT2D eigenvalue weighted by atomic mass is 10.0. The van der Waals surface area contributed by atoms with Crippen LogP contribution in [0.3, 0.4) is 0 Å². The molecule has 0 aliphatic heterocycles. The topological polar surface area (TPSA) is 237 Å². The van der Waals surface area contributed by atoms with Gasteiger partial charge in [-0.3, -0.25) is 37.3 Å². The molecule has 0 aromatic rings. The average molecular weight is 1310 g/mol. The number of aliphatic hydroxyl groups is 1. The number of carbonyl (C=O) groups excluding carboxylic acids is 4. The van der Waals surface area contributed by atoms with Gasteiger partial charge in [0, 0.05) is 25.7 Å². The maximum Gasteiger partial charge on any atom is 0.472 e. The van der Waals surface area contributed by atoms with Crippen molar-refractivity contribution in [2.45, 2.75) is 374 Å². The van der Waals surface area contributed by atoms with E-state index >= 15 is 0 Å². The van der Waals surface area contributed by atoms with Gasteiger partial charge >= 0.3 is 39.5 Å². The highest BCUT2D eigenvalue weighted by Crippen LogP contribution is 2.45. The molecule has 2 unspecified atom stereocenters. The van der Waals surface area contributed by atoms with Crippen LogP contribution in [0, 0.1) is 11.8 Å². The summed E-state index contributed by atoms with van der Waals surface area (Å²) >= 11 is 0. The summed E-state index contributed by atoms with van der Waals surface area (Å²) in [5.74, 6) is -0.620. The number of rotatable bonds is 69. The second-order valence-corrected chi connectivity index (χ2v) is 29.1. The van der Waals surface area contributed by atoms with Gasteiger partial charge in [0.25, 0.3) is 0 Å². The molecule has 0 aromatic heterocycles. The Labute approximate surface area is 543 Å². The summed E-state index contributed by atoms with van der Waals surface area (Å²) in [4.78, 5) is 72.5. The lowest BCUT2D eigenvalue weighted by Gasteiger charge is -2.21. The van der Waals surface area contributed by atoms with Crippen LogP contribution in [0.5, 0.6) is 0 Å². The molecule has 0 radical (unpaired) electrons. The smallest absolute Gasteiger partial charge is 0.462 e. The summed E-state index contributed by atoms with van der Waals surface area (Å²) in [5, 5.41) is 10.6. The highest BCUT2D eigenvalue weighted by Gasteiger charge is 2.30. The minimum absolute atomic E-state index is 0.104. The summed E-state index contributed by atoms with van der Waals surface area (Å²) < 4.78 is 68.2. The second kappa shape index (κ2) is 62.2. The SMILES string of the molecule is CCCCCCCCCCCCCCCC(=O)OC[C@H](COP(=O)(O)OC[C@@H](O)COP(=O)(O)OC[C@@H](COC(=O)CCCCCCCCCCC)OC(=O)CCCCCCCCCCC(C)C)OC(=O)CCCCCCCCCCCCCCCC(C)C. The van der Waals surface area contributed by atoms with Gasteiger partial charge in [-0.05, 0) is 37.5 Å². The van der Waals surface area contributed by atoms with Crippen molar-refractivity contribution in [1.29, 1.82) is 0 Å². The molecule has 0 saturated heterocycles. The molecule has 0 aromatic carbocycles. The molecular formula is C70H136O17P2. The molecule has 0 aliphatic rings. The van der Waals surface area contributed by atoms with Gasteiger partial charge in [0.2, 0.25) is 0 Å². The van der Waals surface area contributed by atoms with Crippen molar-refractivity contribution in [2.75, 3.05) is 39.6 Å². The molecule has 17 nitrogen and oxygen atoms in total. The number of ether oxygens (including phenoxy) is 4. The van der Waals surface area contributed by atoms with Crippen molar-refractivity contribution in [1.82, 2.24) is 0 Å². The van der Waals surface area contributed by atoms with Crippen molar-refractivity contribution >= 4 is 39.5 Å². The Hall–Kier alpha value is -1.94. The lowest BCUT2D eigenvalue weighted by Crippen LogP contribution is -2.30. The number of esters is 4. The molecule has 0 amide bonds. The fraction of sp³-hybridized carbons (Fsp3) is 0.943. The first kappa shape index (κ1) is 87.1. The zero-order valence-corrected chi connectivity index (χ0v) is 59.5. The summed E-state index contributed by atoms with van der Waals surface area (Å²) in [5.41, 5.74) is 0. The molecule has 0 rings (SSSR count). The monoisotopic (exact) mass is 1310 g/mol. The van der Waals surface area contributed by atoms with E-state index in [2.05, 4.69) is 41.5 Å². The quantitative estimate of drug-likeness (QED) is 0.0222. The van der Waals surface area contributed by atoms with Gasteiger partial charge in [-0.25, -0.2) is 9.13 Å². The normalized spacial score (nSPS) is 14.1. The average Bonchev–Trinajstić information content (AvgIpc) is 3.68. The number of hydrogen-bond acceptors (Lipinski definition) is 15. The molecule has 19 heteroatoms. The van der Waals surface area contributed by atoms with Crippen molar-refractivity contribution in [3.8, 4) is 0 Å². The van der Waals surface area contributed by atoms with Gasteiger partial charge in [0.1, 0.15) is 19.3 Å². The molecule has 0 fully saturated rings. The van der Waals surface area contributed by atoms with Crippen LogP contribution < -0.4 is 0 Å². The minimum atomic E-state index is -4.95. The third kappa shape index (κ3) is 64.6. The predicted molar refractivity (Wildman–Crippen MR) is 358 cm³/mol. The number of hydrogen-bond donors (Lipinski definition) is 3. The van der Waals surface area contributed by atoms with E-state index < -0.39 is 97.5 Å². The zero-order chi connectivity index (χ0) is 65.7. The number of aliphatic hydroxyl groups excluding tert-OH is 1. The van der Waals surface area contributed by atoms with Crippen molar-refractivity contribution in [3.63, 3.8) is 0 Å². The first-order valence-corrected chi connectivity index (χ1v) is 39.5. The highest BCUT2D eigenvalue weighted by atomic mass is 31.2. The Kier molecular flexibility index (Phi) is 60.8. The van der Waals surface area contributed by atoms with Gasteiger partial charge in [0.05, 0.1) is 26.4 Å². The zero-order valence-electron chi connectivity index (χ0n) is 57.7. The Morgan fingerprint density at radius 2 is 0.517 bits per heavy atom. The van der Waals surface area contributed by atoms with Gasteiger partial charge in [-0.1, -0.05) is 305 Å². The van der Waals surface area contributed by atoms with E-state index in [9.17, 15) is 43.2 Å². The number of carbonyl (C=O) groups is 4.